The summed E-state index contributed by atoms with van der Waals surface area (Å²) < 4.78 is 26.0. The van der Waals surface area contributed by atoms with Crippen molar-refractivity contribution in [3.8, 4) is 0 Å². The number of likely N-dealkylation sites (tertiary alicyclic amines) is 1. The van der Waals surface area contributed by atoms with E-state index >= 15 is 0 Å². The fourth-order valence-electron chi connectivity index (χ4n) is 3.80. The van der Waals surface area contributed by atoms with Gasteiger partial charge in [-0.3, -0.25) is 9.69 Å². The van der Waals surface area contributed by atoms with Crippen LogP contribution in [0.2, 0.25) is 0 Å². The number of aromatic nitrogens is 2. The molecule has 9 heteroatoms. The van der Waals surface area contributed by atoms with E-state index in [9.17, 15) is 13.2 Å². The van der Waals surface area contributed by atoms with Gasteiger partial charge in [0.05, 0.1) is 17.0 Å². The van der Waals surface area contributed by atoms with Crippen molar-refractivity contribution in [3.63, 3.8) is 0 Å². The number of fused-ring (bicyclic) bond motifs is 1. The van der Waals surface area contributed by atoms with Crippen LogP contribution in [0.5, 0.6) is 0 Å². The first-order valence-corrected chi connectivity index (χ1v) is 12.1. The normalized spacial score (nSPS) is 15.2. The van der Waals surface area contributed by atoms with Gasteiger partial charge in [-0.05, 0) is 56.3 Å². The molecule has 1 aliphatic heterocycles. The number of carbonyl (C=O) groups is 1. The third kappa shape index (κ3) is 4.79. The Bertz CT molecular complexity index is 1240. The Morgan fingerprint density at radius 2 is 1.78 bits per heavy atom. The van der Waals surface area contributed by atoms with Crippen LogP contribution in [0.4, 0.5) is 5.82 Å². The van der Waals surface area contributed by atoms with Crippen molar-refractivity contribution in [1.82, 2.24) is 19.2 Å². The minimum atomic E-state index is -3.64. The van der Waals surface area contributed by atoms with Gasteiger partial charge >= 0.3 is 0 Å². The SMILES string of the molecule is CN(C)S(=O)(=O)c1cccc(C(=O)Nc2nc(CN3CCCCC3)nc3ccccc23)c1. The molecule has 1 aliphatic rings. The number of piperidine rings is 1. The van der Waals surface area contributed by atoms with Gasteiger partial charge in [-0.15, -0.1) is 0 Å². The van der Waals surface area contributed by atoms with E-state index in [1.54, 1.807) is 12.1 Å². The van der Waals surface area contributed by atoms with E-state index in [1.807, 2.05) is 24.3 Å². The Hall–Kier alpha value is -2.88. The number of rotatable bonds is 6. The second-order valence-electron chi connectivity index (χ2n) is 8.11. The van der Waals surface area contributed by atoms with Gasteiger partial charge in [0.1, 0.15) is 11.6 Å². The van der Waals surface area contributed by atoms with Gasteiger partial charge in [0, 0.05) is 25.0 Å². The molecule has 2 heterocycles. The molecule has 1 saturated heterocycles. The molecule has 0 unspecified atom stereocenters. The fourth-order valence-corrected chi connectivity index (χ4v) is 4.74. The summed E-state index contributed by atoms with van der Waals surface area (Å²) in [6.07, 6.45) is 3.59. The molecule has 1 amide bonds. The third-order valence-electron chi connectivity index (χ3n) is 5.57. The number of hydrogen-bond donors (Lipinski definition) is 1. The summed E-state index contributed by atoms with van der Waals surface area (Å²) in [5, 5.41) is 3.61. The molecule has 1 aromatic heterocycles. The second kappa shape index (κ2) is 9.32. The van der Waals surface area contributed by atoms with Crippen LogP contribution in [0.3, 0.4) is 0 Å². The summed E-state index contributed by atoms with van der Waals surface area (Å²) in [4.78, 5) is 24.7. The quantitative estimate of drug-likeness (QED) is 0.616. The number of benzene rings is 2. The Morgan fingerprint density at radius 1 is 1.03 bits per heavy atom. The predicted molar refractivity (Wildman–Crippen MR) is 124 cm³/mol. The molecule has 0 radical (unpaired) electrons. The van der Waals surface area contributed by atoms with E-state index in [0.29, 0.717) is 18.2 Å². The van der Waals surface area contributed by atoms with E-state index in [2.05, 4.69) is 20.2 Å². The number of nitrogens with one attached hydrogen (secondary N) is 1. The molecule has 0 atom stereocenters. The predicted octanol–water partition coefficient (Wildman–Crippen LogP) is 3.12. The molecule has 0 saturated carbocycles. The highest BCUT2D eigenvalue weighted by Crippen LogP contribution is 2.23. The molecule has 8 nitrogen and oxygen atoms in total. The molecule has 0 spiro atoms. The minimum Gasteiger partial charge on any atom is -0.306 e. The number of anilines is 1. The number of carbonyl (C=O) groups excluding carboxylic acids is 1. The summed E-state index contributed by atoms with van der Waals surface area (Å²) in [5.41, 5.74) is 1.00. The molecule has 32 heavy (non-hydrogen) atoms. The maximum atomic E-state index is 13.0. The van der Waals surface area contributed by atoms with Crippen LogP contribution < -0.4 is 5.32 Å². The molecular weight excluding hydrogens is 426 g/mol. The first-order valence-electron chi connectivity index (χ1n) is 10.7. The molecule has 1 fully saturated rings. The Labute approximate surface area is 188 Å². The molecule has 0 bridgehead atoms. The maximum absolute atomic E-state index is 13.0. The monoisotopic (exact) mass is 453 g/mol. The molecular formula is C23H27N5O3S. The highest BCUT2D eigenvalue weighted by Gasteiger charge is 2.20. The van der Waals surface area contributed by atoms with Gasteiger partial charge in [-0.2, -0.15) is 0 Å². The van der Waals surface area contributed by atoms with Gasteiger partial charge in [0.25, 0.3) is 5.91 Å². The lowest BCUT2D eigenvalue weighted by atomic mass is 10.1. The van der Waals surface area contributed by atoms with Crippen LogP contribution >= 0.6 is 0 Å². The van der Waals surface area contributed by atoms with Crippen molar-refractivity contribution in [2.45, 2.75) is 30.7 Å². The van der Waals surface area contributed by atoms with E-state index in [1.165, 1.54) is 45.5 Å². The average molecular weight is 454 g/mol. The molecule has 3 aromatic rings. The molecule has 2 aromatic carbocycles. The Kier molecular flexibility index (Phi) is 6.50. The van der Waals surface area contributed by atoms with Crippen molar-refractivity contribution < 1.29 is 13.2 Å². The second-order valence-corrected chi connectivity index (χ2v) is 10.3. The van der Waals surface area contributed by atoms with E-state index < -0.39 is 15.9 Å². The number of sulfonamides is 1. The summed E-state index contributed by atoms with van der Waals surface area (Å²) in [6, 6.07) is 13.5. The Balaban J connectivity index is 1.64. The fraction of sp³-hybridized carbons (Fsp3) is 0.348. The maximum Gasteiger partial charge on any atom is 0.256 e. The van der Waals surface area contributed by atoms with Crippen LogP contribution in [-0.4, -0.2) is 60.7 Å². The van der Waals surface area contributed by atoms with Crippen LogP contribution in [-0.2, 0) is 16.6 Å². The van der Waals surface area contributed by atoms with Gasteiger partial charge in [0.15, 0.2) is 0 Å². The van der Waals surface area contributed by atoms with Gasteiger partial charge in [-0.25, -0.2) is 22.7 Å². The van der Waals surface area contributed by atoms with Crippen LogP contribution in [0.15, 0.2) is 53.4 Å². The van der Waals surface area contributed by atoms with E-state index in [4.69, 9.17) is 0 Å². The first-order chi connectivity index (χ1) is 15.3. The van der Waals surface area contributed by atoms with Crippen LogP contribution in [0.25, 0.3) is 10.9 Å². The Morgan fingerprint density at radius 3 is 2.53 bits per heavy atom. The average Bonchev–Trinajstić information content (AvgIpc) is 2.79. The highest BCUT2D eigenvalue weighted by atomic mass is 32.2. The number of para-hydroxylation sites is 1. The first kappa shape index (κ1) is 22.3. The van der Waals surface area contributed by atoms with Gasteiger partial charge < -0.3 is 5.32 Å². The van der Waals surface area contributed by atoms with E-state index in [-0.39, 0.29) is 10.5 Å². The van der Waals surface area contributed by atoms with E-state index in [0.717, 1.165) is 28.3 Å². The van der Waals surface area contributed by atoms with Crippen molar-refractivity contribution in [2.75, 3.05) is 32.5 Å². The van der Waals surface area contributed by atoms with Crippen LogP contribution in [0, 0.1) is 0 Å². The summed E-state index contributed by atoms with van der Waals surface area (Å²) in [6.45, 7) is 2.67. The smallest absolute Gasteiger partial charge is 0.256 e. The lowest BCUT2D eigenvalue weighted by Gasteiger charge is -2.25. The minimum absolute atomic E-state index is 0.0634. The topological polar surface area (TPSA) is 95.5 Å². The third-order valence-corrected chi connectivity index (χ3v) is 7.38. The summed E-state index contributed by atoms with van der Waals surface area (Å²) in [5.74, 6) is 0.659. The molecule has 1 N–H and O–H groups in total. The number of nitrogens with zero attached hydrogens (tertiary/aromatic N) is 4. The number of amides is 1. The zero-order chi connectivity index (χ0) is 22.7. The summed E-state index contributed by atoms with van der Waals surface area (Å²) >= 11 is 0. The lowest BCUT2D eigenvalue weighted by Crippen LogP contribution is -2.30. The lowest BCUT2D eigenvalue weighted by molar-refractivity contribution is 0.102. The summed E-state index contributed by atoms with van der Waals surface area (Å²) in [7, 11) is -0.727. The standard InChI is InChI=1S/C23H27N5O3S/c1-27(2)32(30,31)18-10-8-9-17(15-18)23(29)26-22-19-11-4-5-12-20(19)24-21(25-22)16-28-13-6-3-7-14-28/h4-5,8-12,15H,3,6-7,13-14,16H2,1-2H3,(H,24,25,26,29). The van der Waals surface area contributed by atoms with Crippen molar-refractivity contribution in [1.29, 1.82) is 0 Å². The van der Waals surface area contributed by atoms with Crippen molar-refractivity contribution >= 4 is 32.7 Å². The highest BCUT2D eigenvalue weighted by molar-refractivity contribution is 7.89. The van der Waals surface area contributed by atoms with Crippen molar-refractivity contribution in [2.24, 2.45) is 0 Å². The van der Waals surface area contributed by atoms with Gasteiger partial charge in [-0.1, -0.05) is 24.6 Å². The largest absolute Gasteiger partial charge is 0.306 e. The zero-order valence-electron chi connectivity index (χ0n) is 18.3. The molecule has 4 rings (SSSR count). The zero-order valence-corrected chi connectivity index (χ0v) is 19.1. The molecule has 0 aliphatic carbocycles. The van der Waals surface area contributed by atoms with Gasteiger partial charge in [0.2, 0.25) is 10.0 Å². The molecule has 168 valence electrons. The van der Waals surface area contributed by atoms with Crippen LogP contribution in [0.1, 0.15) is 35.4 Å². The number of hydrogen-bond acceptors (Lipinski definition) is 6. The van der Waals surface area contributed by atoms with Crippen molar-refractivity contribution in [3.05, 3.63) is 59.9 Å².